The highest BCUT2D eigenvalue weighted by molar-refractivity contribution is 5.79. The van der Waals surface area contributed by atoms with E-state index < -0.39 is 0 Å². The van der Waals surface area contributed by atoms with Crippen LogP contribution >= 0.6 is 0 Å². The predicted octanol–water partition coefficient (Wildman–Crippen LogP) is 1.99. The lowest BCUT2D eigenvalue weighted by Gasteiger charge is -2.33. The molecule has 0 saturated carbocycles. The Morgan fingerprint density at radius 2 is 2.32 bits per heavy atom. The molecule has 1 spiro atoms. The van der Waals surface area contributed by atoms with Crippen LogP contribution in [-0.2, 0) is 16.1 Å². The van der Waals surface area contributed by atoms with Crippen molar-refractivity contribution < 1.29 is 9.53 Å². The van der Waals surface area contributed by atoms with Gasteiger partial charge in [-0.1, -0.05) is 12.1 Å². The number of ether oxygens (including phenoxy) is 1. The molecule has 0 bridgehead atoms. The summed E-state index contributed by atoms with van der Waals surface area (Å²) in [7, 11) is 0. The van der Waals surface area contributed by atoms with Crippen LogP contribution in [0, 0.1) is 12.3 Å². The first-order valence-electron chi connectivity index (χ1n) is 9.16. The minimum atomic E-state index is 0.0924. The van der Waals surface area contributed by atoms with Gasteiger partial charge in [0.2, 0.25) is 5.91 Å². The van der Waals surface area contributed by atoms with E-state index in [1.165, 1.54) is 12.8 Å². The molecule has 0 radical (unpaired) electrons. The van der Waals surface area contributed by atoms with Gasteiger partial charge in [0.25, 0.3) is 0 Å². The fraction of sp³-hybridized carbons (Fsp3) is 0.579. The summed E-state index contributed by atoms with van der Waals surface area (Å²) in [5.41, 5.74) is 3.42. The van der Waals surface area contributed by atoms with Crippen molar-refractivity contribution in [3.05, 3.63) is 29.6 Å². The quantitative estimate of drug-likeness (QED) is 0.891. The summed E-state index contributed by atoms with van der Waals surface area (Å²) in [6, 6.07) is 6.06. The van der Waals surface area contributed by atoms with Crippen LogP contribution in [0.25, 0.3) is 11.0 Å². The van der Waals surface area contributed by atoms with Crippen molar-refractivity contribution in [3.63, 3.8) is 0 Å². The predicted molar refractivity (Wildman–Crippen MR) is 96.2 cm³/mol. The highest BCUT2D eigenvalue weighted by Gasteiger charge is 2.40. The van der Waals surface area contributed by atoms with Gasteiger partial charge in [-0.25, -0.2) is 4.98 Å². The van der Waals surface area contributed by atoms with Crippen LogP contribution < -0.4 is 5.32 Å². The SMILES string of the molecule is Cc1cccc2[nH]c(COCC(=O)N3CC[C@]4(CCCNC4)C3)nc12. The van der Waals surface area contributed by atoms with E-state index in [0.717, 1.165) is 55.0 Å². The number of hydrogen-bond acceptors (Lipinski definition) is 4. The third-order valence-electron chi connectivity index (χ3n) is 5.58. The molecule has 3 heterocycles. The monoisotopic (exact) mass is 342 g/mol. The zero-order valence-electron chi connectivity index (χ0n) is 14.8. The third-order valence-corrected chi connectivity index (χ3v) is 5.58. The summed E-state index contributed by atoms with van der Waals surface area (Å²) in [6.45, 7) is 6.37. The van der Waals surface area contributed by atoms with Gasteiger partial charge in [0.1, 0.15) is 19.0 Å². The molecule has 6 nitrogen and oxygen atoms in total. The van der Waals surface area contributed by atoms with Gasteiger partial charge in [0.05, 0.1) is 11.0 Å². The van der Waals surface area contributed by atoms with Crippen molar-refractivity contribution in [2.24, 2.45) is 5.41 Å². The molecule has 2 aliphatic rings. The molecule has 2 aromatic rings. The number of amides is 1. The van der Waals surface area contributed by atoms with Crippen LogP contribution in [-0.4, -0.2) is 53.6 Å². The number of aryl methyl sites for hydroxylation is 1. The van der Waals surface area contributed by atoms with Crippen LogP contribution in [0.3, 0.4) is 0 Å². The van der Waals surface area contributed by atoms with Crippen LogP contribution in [0.15, 0.2) is 18.2 Å². The first-order valence-corrected chi connectivity index (χ1v) is 9.16. The zero-order chi connectivity index (χ0) is 17.3. The maximum atomic E-state index is 12.4. The van der Waals surface area contributed by atoms with Crippen molar-refractivity contribution in [3.8, 4) is 0 Å². The fourth-order valence-electron chi connectivity index (χ4n) is 4.15. The van der Waals surface area contributed by atoms with Crippen molar-refractivity contribution >= 4 is 16.9 Å². The second kappa shape index (κ2) is 6.77. The number of H-pyrrole nitrogens is 1. The second-order valence-corrected chi connectivity index (χ2v) is 7.49. The summed E-state index contributed by atoms with van der Waals surface area (Å²) < 4.78 is 5.64. The van der Waals surface area contributed by atoms with Crippen molar-refractivity contribution in [2.45, 2.75) is 32.8 Å². The van der Waals surface area contributed by atoms with E-state index in [1.54, 1.807) is 0 Å². The lowest BCUT2D eigenvalue weighted by atomic mass is 9.80. The van der Waals surface area contributed by atoms with E-state index in [2.05, 4.69) is 15.3 Å². The normalized spacial score (nSPS) is 23.6. The van der Waals surface area contributed by atoms with Gasteiger partial charge in [0, 0.05) is 25.0 Å². The van der Waals surface area contributed by atoms with E-state index in [0.29, 0.717) is 12.0 Å². The topological polar surface area (TPSA) is 70.2 Å². The fourth-order valence-corrected chi connectivity index (χ4v) is 4.15. The number of rotatable bonds is 4. The Morgan fingerprint density at radius 3 is 3.12 bits per heavy atom. The van der Waals surface area contributed by atoms with Crippen LogP contribution in [0.1, 0.15) is 30.7 Å². The number of piperidine rings is 1. The lowest BCUT2D eigenvalue weighted by molar-refractivity contribution is -0.136. The first-order chi connectivity index (χ1) is 12.2. The number of benzene rings is 1. The first kappa shape index (κ1) is 16.5. The molecular formula is C19H26N4O2. The zero-order valence-corrected chi connectivity index (χ0v) is 14.8. The highest BCUT2D eigenvalue weighted by Crippen LogP contribution is 2.36. The number of hydrogen-bond donors (Lipinski definition) is 2. The van der Waals surface area contributed by atoms with Gasteiger partial charge < -0.3 is 19.9 Å². The largest absolute Gasteiger partial charge is 0.364 e. The Bertz CT molecular complexity index is 764. The number of nitrogens with zero attached hydrogens (tertiary/aromatic N) is 2. The van der Waals surface area contributed by atoms with Crippen LogP contribution in [0.5, 0.6) is 0 Å². The number of aromatic nitrogens is 2. The van der Waals surface area contributed by atoms with Crippen molar-refractivity contribution in [2.75, 3.05) is 32.8 Å². The minimum absolute atomic E-state index is 0.0924. The van der Waals surface area contributed by atoms with Gasteiger partial charge in [0.15, 0.2) is 0 Å². The Morgan fingerprint density at radius 1 is 1.40 bits per heavy atom. The highest BCUT2D eigenvalue weighted by atomic mass is 16.5. The van der Waals surface area contributed by atoms with Crippen LogP contribution in [0.2, 0.25) is 0 Å². The van der Waals surface area contributed by atoms with Crippen molar-refractivity contribution in [1.82, 2.24) is 20.2 Å². The molecule has 2 aliphatic heterocycles. The number of carbonyl (C=O) groups is 1. The second-order valence-electron chi connectivity index (χ2n) is 7.49. The molecule has 6 heteroatoms. The Labute approximate surface area is 147 Å². The molecule has 2 saturated heterocycles. The molecule has 2 N–H and O–H groups in total. The number of aromatic amines is 1. The number of likely N-dealkylation sites (tertiary alicyclic amines) is 1. The number of para-hydroxylation sites is 1. The molecule has 0 aliphatic carbocycles. The molecule has 134 valence electrons. The molecule has 4 rings (SSSR count). The molecular weight excluding hydrogens is 316 g/mol. The number of nitrogens with one attached hydrogen (secondary N) is 2. The molecule has 0 unspecified atom stereocenters. The van der Waals surface area contributed by atoms with E-state index in [4.69, 9.17) is 4.74 Å². The number of fused-ring (bicyclic) bond motifs is 1. The third kappa shape index (κ3) is 3.41. The van der Waals surface area contributed by atoms with Gasteiger partial charge >= 0.3 is 0 Å². The molecule has 1 aromatic heterocycles. The molecule has 25 heavy (non-hydrogen) atoms. The summed E-state index contributed by atoms with van der Waals surface area (Å²) in [5.74, 6) is 0.862. The molecule has 1 atom stereocenters. The summed E-state index contributed by atoms with van der Waals surface area (Å²) >= 11 is 0. The summed E-state index contributed by atoms with van der Waals surface area (Å²) in [4.78, 5) is 22.2. The minimum Gasteiger partial charge on any atom is -0.364 e. The Hall–Kier alpha value is -1.92. The lowest BCUT2D eigenvalue weighted by Crippen LogP contribution is -2.43. The van der Waals surface area contributed by atoms with Gasteiger partial charge in [-0.2, -0.15) is 0 Å². The number of imidazole rings is 1. The molecule has 2 fully saturated rings. The standard InChI is InChI=1S/C19H26N4O2/c1-14-4-2-5-15-18(14)22-16(21-15)10-25-11-17(24)23-9-7-19(13-23)6-3-8-20-12-19/h2,4-5,20H,3,6-13H2,1H3,(H,21,22)/t19-/m0/s1. The smallest absolute Gasteiger partial charge is 0.248 e. The van der Waals surface area contributed by atoms with E-state index in [1.807, 2.05) is 30.0 Å². The summed E-state index contributed by atoms with van der Waals surface area (Å²) in [5, 5.41) is 3.48. The van der Waals surface area contributed by atoms with Gasteiger partial charge in [-0.3, -0.25) is 4.79 Å². The molecule has 1 amide bonds. The maximum absolute atomic E-state index is 12.4. The Kier molecular flexibility index (Phi) is 4.48. The van der Waals surface area contributed by atoms with E-state index in [9.17, 15) is 4.79 Å². The van der Waals surface area contributed by atoms with E-state index in [-0.39, 0.29) is 12.5 Å². The van der Waals surface area contributed by atoms with Gasteiger partial charge in [-0.05, 0) is 44.4 Å². The van der Waals surface area contributed by atoms with Crippen LogP contribution in [0.4, 0.5) is 0 Å². The average Bonchev–Trinajstić information content (AvgIpc) is 3.21. The average molecular weight is 342 g/mol. The van der Waals surface area contributed by atoms with Crippen molar-refractivity contribution in [1.29, 1.82) is 0 Å². The summed E-state index contributed by atoms with van der Waals surface area (Å²) in [6.07, 6.45) is 3.54. The number of carbonyl (C=O) groups excluding carboxylic acids is 1. The van der Waals surface area contributed by atoms with E-state index >= 15 is 0 Å². The molecule has 1 aromatic carbocycles. The Balaban J connectivity index is 1.29. The maximum Gasteiger partial charge on any atom is 0.248 e. The van der Waals surface area contributed by atoms with Gasteiger partial charge in [-0.15, -0.1) is 0 Å².